The Balaban J connectivity index is 3.05. The van der Waals surface area contributed by atoms with Gasteiger partial charge in [-0.1, -0.05) is 335 Å². The molecule has 0 unspecified atom stereocenters. The predicted octanol–water partition coefficient (Wildman–Crippen LogP) is 20.7. The van der Waals surface area contributed by atoms with Gasteiger partial charge in [0.2, 0.25) is 0 Å². The van der Waals surface area contributed by atoms with Crippen LogP contribution in [-0.4, -0.2) is 0 Å². The Kier molecular flexibility index (Phi) is 52.0. The molecule has 0 aliphatic heterocycles. The molecule has 0 aromatic heterocycles. The Hall–Kier alpha value is 0. The molecule has 0 saturated heterocycles. The molecule has 0 aromatic rings. The smallest absolute Gasteiger partial charge is 0.0386 e. The van der Waals surface area contributed by atoms with E-state index in [-0.39, 0.29) is 0 Å². The van der Waals surface area contributed by atoms with Crippen LogP contribution >= 0.6 is 0 Å². The van der Waals surface area contributed by atoms with Crippen molar-refractivity contribution < 1.29 is 0 Å². The number of hydrogen-bond acceptors (Lipinski definition) is 0. The van der Waals surface area contributed by atoms with Crippen LogP contribution in [0.1, 0.15) is 335 Å². The fraction of sp³-hybridized carbons (Fsp3) is 0.981. The van der Waals surface area contributed by atoms with Crippen molar-refractivity contribution in [2.75, 3.05) is 0 Å². The molecule has 0 spiro atoms. The minimum atomic E-state index is 1.37. The zero-order chi connectivity index (χ0) is 38.1. The maximum absolute atomic E-state index is 2.61. The van der Waals surface area contributed by atoms with Crippen molar-refractivity contribution in [2.45, 2.75) is 335 Å². The maximum atomic E-state index is 2.61. The minimum absolute atomic E-state index is 1.37. The lowest BCUT2D eigenvalue weighted by molar-refractivity contribution is 0.515. The maximum Gasteiger partial charge on any atom is -0.0386 e. The van der Waals surface area contributed by atoms with Crippen molar-refractivity contribution in [3.05, 3.63) is 6.42 Å². The average Bonchev–Trinajstić information content (AvgIpc) is 3.17. The molecular weight excluding hydrogens is 637 g/mol. The summed E-state index contributed by atoms with van der Waals surface area (Å²) in [6.07, 6.45) is 76.4. The first-order valence-electron chi connectivity index (χ1n) is 26.2. The lowest BCUT2D eigenvalue weighted by atomic mass is 10.0. The zero-order valence-corrected chi connectivity index (χ0v) is 37.9. The van der Waals surface area contributed by atoms with Gasteiger partial charge in [-0.3, -0.25) is 0 Å². The van der Waals surface area contributed by atoms with E-state index in [9.17, 15) is 0 Å². The van der Waals surface area contributed by atoms with E-state index in [4.69, 9.17) is 0 Å². The van der Waals surface area contributed by atoms with Crippen LogP contribution in [-0.2, 0) is 0 Å². The predicted molar refractivity (Wildman–Crippen MR) is 246 cm³/mol. The SMILES string of the molecule is CCCCCCCCCCCCCCCCCCCCCCCCC[CH]CCCCCCCCCCCCCCCCCCCCCCCCCCC. The van der Waals surface area contributed by atoms with Crippen molar-refractivity contribution in [2.24, 2.45) is 0 Å². The van der Waals surface area contributed by atoms with Gasteiger partial charge in [-0.05, 0) is 6.42 Å². The Labute approximate surface area is 340 Å². The Morgan fingerprint density at radius 1 is 0.151 bits per heavy atom. The van der Waals surface area contributed by atoms with Gasteiger partial charge in [-0.15, -0.1) is 0 Å². The Morgan fingerprint density at radius 2 is 0.264 bits per heavy atom. The summed E-state index contributed by atoms with van der Waals surface area (Å²) in [4.78, 5) is 0. The number of unbranched alkanes of at least 4 members (excludes halogenated alkanes) is 50. The molecule has 319 valence electrons. The average molecular weight is 744 g/mol. The molecular formula is C53H107. The van der Waals surface area contributed by atoms with Gasteiger partial charge in [0.1, 0.15) is 0 Å². The van der Waals surface area contributed by atoms with Gasteiger partial charge < -0.3 is 0 Å². The quantitative estimate of drug-likeness (QED) is 0.0544. The number of hydrogen-bond donors (Lipinski definition) is 0. The van der Waals surface area contributed by atoms with E-state index < -0.39 is 0 Å². The van der Waals surface area contributed by atoms with Crippen LogP contribution in [0.15, 0.2) is 0 Å². The molecule has 0 aromatic carbocycles. The molecule has 53 heavy (non-hydrogen) atoms. The summed E-state index contributed by atoms with van der Waals surface area (Å²) < 4.78 is 0. The highest BCUT2D eigenvalue weighted by atomic mass is 14.1. The van der Waals surface area contributed by atoms with Gasteiger partial charge in [0.25, 0.3) is 0 Å². The Bertz CT molecular complexity index is 529. The summed E-state index contributed by atoms with van der Waals surface area (Å²) in [7, 11) is 0. The monoisotopic (exact) mass is 744 g/mol. The van der Waals surface area contributed by atoms with Crippen LogP contribution in [0.25, 0.3) is 0 Å². The lowest BCUT2D eigenvalue weighted by Crippen LogP contribution is -1.85. The highest BCUT2D eigenvalue weighted by Crippen LogP contribution is 2.18. The first kappa shape index (κ1) is 53.0. The fourth-order valence-corrected chi connectivity index (χ4v) is 8.65. The van der Waals surface area contributed by atoms with Crippen LogP contribution in [0.3, 0.4) is 0 Å². The molecule has 0 fully saturated rings. The number of rotatable bonds is 50. The molecule has 0 atom stereocenters. The summed E-state index contributed by atoms with van der Waals surface area (Å²) in [6, 6.07) is 0. The normalized spacial score (nSPS) is 11.7. The van der Waals surface area contributed by atoms with E-state index in [0.717, 1.165) is 0 Å². The third kappa shape index (κ3) is 52.0. The second-order valence-corrected chi connectivity index (χ2v) is 18.1. The van der Waals surface area contributed by atoms with E-state index in [0.29, 0.717) is 0 Å². The van der Waals surface area contributed by atoms with Crippen LogP contribution in [0, 0.1) is 6.42 Å². The molecule has 0 heterocycles. The van der Waals surface area contributed by atoms with Crippen molar-refractivity contribution >= 4 is 0 Å². The van der Waals surface area contributed by atoms with Crippen LogP contribution < -0.4 is 0 Å². The summed E-state index contributed by atoms with van der Waals surface area (Å²) in [5.74, 6) is 0. The van der Waals surface area contributed by atoms with Crippen molar-refractivity contribution in [3.8, 4) is 0 Å². The fourth-order valence-electron chi connectivity index (χ4n) is 8.65. The molecule has 0 bridgehead atoms. The largest absolute Gasteiger partial charge is 0.0654 e. The van der Waals surface area contributed by atoms with E-state index in [1.54, 1.807) is 0 Å². The van der Waals surface area contributed by atoms with Gasteiger partial charge in [0, 0.05) is 0 Å². The highest BCUT2D eigenvalue weighted by Gasteiger charge is 1.99. The first-order chi connectivity index (χ1) is 26.4. The summed E-state index contributed by atoms with van der Waals surface area (Å²) >= 11 is 0. The lowest BCUT2D eigenvalue weighted by Gasteiger charge is -2.05. The highest BCUT2D eigenvalue weighted by molar-refractivity contribution is 4.65. The Morgan fingerprint density at radius 3 is 0.396 bits per heavy atom. The molecule has 1 radical (unpaired) electrons. The molecule has 0 heteroatoms. The van der Waals surface area contributed by atoms with Crippen LogP contribution in [0.2, 0.25) is 0 Å². The van der Waals surface area contributed by atoms with Crippen molar-refractivity contribution in [1.29, 1.82) is 0 Å². The van der Waals surface area contributed by atoms with E-state index >= 15 is 0 Å². The molecule has 0 saturated carbocycles. The first-order valence-corrected chi connectivity index (χ1v) is 26.2. The standard InChI is InChI=1S/C53H107/c1-3-5-7-9-11-13-15-17-19-21-23-25-27-29-31-33-35-37-39-41-43-45-47-49-51-53-52-50-48-46-44-42-40-38-36-34-32-30-28-26-24-22-20-18-16-14-12-10-8-6-4-2/h51H,3-50,52-53H2,1-2H3. The van der Waals surface area contributed by atoms with E-state index in [1.807, 2.05) is 0 Å². The van der Waals surface area contributed by atoms with Gasteiger partial charge in [0.05, 0.1) is 0 Å². The summed E-state index contributed by atoms with van der Waals surface area (Å²) in [5.41, 5.74) is 0. The zero-order valence-electron chi connectivity index (χ0n) is 37.9. The minimum Gasteiger partial charge on any atom is -0.0654 e. The van der Waals surface area contributed by atoms with E-state index in [1.165, 1.54) is 321 Å². The summed E-state index contributed by atoms with van der Waals surface area (Å²) in [5, 5.41) is 0. The molecule has 0 nitrogen and oxygen atoms in total. The van der Waals surface area contributed by atoms with Gasteiger partial charge in [-0.25, -0.2) is 0 Å². The third-order valence-electron chi connectivity index (χ3n) is 12.5. The molecule has 0 N–H and O–H groups in total. The second kappa shape index (κ2) is 52.0. The van der Waals surface area contributed by atoms with Crippen LogP contribution in [0.4, 0.5) is 0 Å². The van der Waals surface area contributed by atoms with Crippen molar-refractivity contribution in [1.82, 2.24) is 0 Å². The second-order valence-electron chi connectivity index (χ2n) is 18.1. The molecule has 0 aliphatic rings. The van der Waals surface area contributed by atoms with Gasteiger partial charge in [-0.2, -0.15) is 0 Å². The third-order valence-corrected chi connectivity index (χ3v) is 12.5. The molecule has 0 rings (SSSR count). The van der Waals surface area contributed by atoms with Crippen molar-refractivity contribution in [3.63, 3.8) is 0 Å². The van der Waals surface area contributed by atoms with Crippen LogP contribution in [0.5, 0.6) is 0 Å². The molecule has 0 aliphatic carbocycles. The molecule has 0 amide bonds. The van der Waals surface area contributed by atoms with Gasteiger partial charge in [0.15, 0.2) is 0 Å². The van der Waals surface area contributed by atoms with Gasteiger partial charge >= 0.3 is 0 Å². The topological polar surface area (TPSA) is 0 Å². The van der Waals surface area contributed by atoms with E-state index in [2.05, 4.69) is 20.3 Å². The summed E-state index contributed by atoms with van der Waals surface area (Å²) in [6.45, 7) is 4.62.